The fraction of sp³-hybridized carbons (Fsp3) is 0.455. The van der Waals surface area contributed by atoms with E-state index in [9.17, 15) is 4.79 Å². The smallest absolute Gasteiger partial charge is 0.236 e. The first kappa shape index (κ1) is 19.4. The standard InChI is InChI=1S/C22H30N4O/c1-18(2)20-9-7-19(8-10-20)16-24(3)17-22(27)26-14-12-25(13-15-26)21-6-4-5-11-23-21/h4-11,18H,12-17H2,1-3H3. The van der Waals surface area contributed by atoms with E-state index in [-0.39, 0.29) is 5.91 Å². The van der Waals surface area contributed by atoms with Gasteiger partial charge in [0.1, 0.15) is 5.82 Å². The van der Waals surface area contributed by atoms with Gasteiger partial charge in [0, 0.05) is 38.9 Å². The van der Waals surface area contributed by atoms with Crippen LogP contribution < -0.4 is 4.90 Å². The van der Waals surface area contributed by atoms with Crippen LogP contribution in [0.25, 0.3) is 0 Å². The Morgan fingerprint density at radius 1 is 1.07 bits per heavy atom. The molecule has 1 aromatic carbocycles. The number of piperazine rings is 1. The number of hydrogen-bond acceptors (Lipinski definition) is 4. The number of amides is 1. The Balaban J connectivity index is 1.46. The van der Waals surface area contributed by atoms with Crippen molar-refractivity contribution >= 4 is 11.7 Å². The average Bonchev–Trinajstić information content (AvgIpc) is 2.69. The highest BCUT2D eigenvalue weighted by molar-refractivity contribution is 5.78. The molecule has 0 radical (unpaired) electrons. The molecule has 2 aromatic rings. The number of aromatic nitrogens is 1. The summed E-state index contributed by atoms with van der Waals surface area (Å²) in [6.07, 6.45) is 1.82. The first-order valence-electron chi connectivity index (χ1n) is 9.74. The van der Waals surface area contributed by atoms with Crippen molar-refractivity contribution in [3.63, 3.8) is 0 Å². The molecule has 5 nitrogen and oxygen atoms in total. The zero-order valence-electron chi connectivity index (χ0n) is 16.6. The molecule has 0 unspecified atom stereocenters. The van der Waals surface area contributed by atoms with Gasteiger partial charge in [-0.1, -0.05) is 44.2 Å². The molecule has 1 aliphatic heterocycles. The topological polar surface area (TPSA) is 39.7 Å². The summed E-state index contributed by atoms with van der Waals surface area (Å²) >= 11 is 0. The second-order valence-corrected chi connectivity index (χ2v) is 7.62. The lowest BCUT2D eigenvalue weighted by Gasteiger charge is -2.36. The maximum atomic E-state index is 12.6. The van der Waals surface area contributed by atoms with Gasteiger partial charge in [-0.05, 0) is 36.2 Å². The highest BCUT2D eigenvalue weighted by Crippen LogP contribution is 2.16. The van der Waals surface area contributed by atoms with Gasteiger partial charge in [0.2, 0.25) is 5.91 Å². The van der Waals surface area contributed by atoms with E-state index in [2.05, 4.69) is 52.9 Å². The minimum atomic E-state index is 0.206. The summed E-state index contributed by atoms with van der Waals surface area (Å²) in [7, 11) is 2.01. The molecule has 0 atom stereocenters. The predicted molar refractivity (Wildman–Crippen MR) is 110 cm³/mol. The Kier molecular flexibility index (Phi) is 6.45. The first-order chi connectivity index (χ1) is 13.0. The molecule has 1 fully saturated rings. The summed E-state index contributed by atoms with van der Waals surface area (Å²) in [5.41, 5.74) is 2.60. The van der Waals surface area contributed by atoms with Crippen LogP contribution in [-0.2, 0) is 11.3 Å². The second kappa shape index (κ2) is 9.00. The molecule has 2 heterocycles. The molecule has 1 aromatic heterocycles. The molecule has 0 saturated carbocycles. The van der Waals surface area contributed by atoms with Crippen LogP contribution in [0.1, 0.15) is 30.9 Å². The molecule has 0 aliphatic carbocycles. The number of rotatable bonds is 6. The van der Waals surface area contributed by atoms with Crippen molar-refractivity contribution in [2.45, 2.75) is 26.3 Å². The quantitative estimate of drug-likeness (QED) is 0.788. The molecule has 3 rings (SSSR count). The minimum absolute atomic E-state index is 0.206. The van der Waals surface area contributed by atoms with E-state index in [1.807, 2.05) is 36.3 Å². The molecule has 1 aliphatic rings. The number of carbonyl (C=O) groups excluding carboxylic acids is 1. The van der Waals surface area contributed by atoms with Crippen LogP contribution in [-0.4, -0.2) is 60.5 Å². The SMILES string of the molecule is CC(C)c1ccc(CN(C)CC(=O)N2CCN(c3ccccn3)CC2)cc1. The third-order valence-corrected chi connectivity index (χ3v) is 5.11. The molecule has 1 amide bonds. The van der Waals surface area contributed by atoms with Crippen LogP contribution in [0.5, 0.6) is 0 Å². The van der Waals surface area contributed by atoms with Crippen LogP contribution in [0.4, 0.5) is 5.82 Å². The molecule has 5 heteroatoms. The van der Waals surface area contributed by atoms with Crippen LogP contribution in [0, 0.1) is 0 Å². The zero-order chi connectivity index (χ0) is 19.2. The van der Waals surface area contributed by atoms with Crippen LogP contribution in [0.2, 0.25) is 0 Å². The Hall–Kier alpha value is -2.40. The first-order valence-corrected chi connectivity index (χ1v) is 9.74. The third-order valence-electron chi connectivity index (χ3n) is 5.11. The van der Waals surface area contributed by atoms with Gasteiger partial charge in [0.15, 0.2) is 0 Å². The molecule has 0 N–H and O–H groups in total. The molecule has 0 bridgehead atoms. The number of hydrogen-bond donors (Lipinski definition) is 0. The average molecular weight is 367 g/mol. The Morgan fingerprint density at radius 3 is 2.37 bits per heavy atom. The third kappa shape index (κ3) is 5.30. The van der Waals surface area contributed by atoms with Crippen molar-refractivity contribution in [1.29, 1.82) is 0 Å². The number of benzene rings is 1. The number of carbonyl (C=O) groups is 1. The lowest BCUT2D eigenvalue weighted by Crippen LogP contribution is -2.51. The maximum absolute atomic E-state index is 12.6. The molecule has 27 heavy (non-hydrogen) atoms. The van der Waals surface area contributed by atoms with Crippen LogP contribution in [0.3, 0.4) is 0 Å². The fourth-order valence-electron chi connectivity index (χ4n) is 3.43. The van der Waals surface area contributed by atoms with E-state index in [0.717, 1.165) is 38.5 Å². The number of anilines is 1. The number of likely N-dealkylation sites (N-methyl/N-ethyl adjacent to an activating group) is 1. The van der Waals surface area contributed by atoms with Crippen molar-refractivity contribution in [3.8, 4) is 0 Å². The zero-order valence-corrected chi connectivity index (χ0v) is 16.6. The molecular weight excluding hydrogens is 336 g/mol. The Labute approximate surface area is 162 Å². The van der Waals surface area contributed by atoms with Gasteiger partial charge in [0.25, 0.3) is 0 Å². The highest BCUT2D eigenvalue weighted by atomic mass is 16.2. The van der Waals surface area contributed by atoms with E-state index in [0.29, 0.717) is 12.5 Å². The van der Waals surface area contributed by atoms with Gasteiger partial charge in [0.05, 0.1) is 6.54 Å². The monoisotopic (exact) mass is 366 g/mol. The lowest BCUT2D eigenvalue weighted by atomic mass is 10.0. The van der Waals surface area contributed by atoms with Crippen molar-refractivity contribution in [2.24, 2.45) is 0 Å². The Bertz CT molecular complexity index is 722. The molecule has 1 saturated heterocycles. The predicted octanol–water partition coefficient (Wildman–Crippen LogP) is 2.99. The van der Waals surface area contributed by atoms with Gasteiger partial charge in [-0.15, -0.1) is 0 Å². The van der Waals surface area contributed by atoms with Gasteiger partial charge in [-0.3, -0.25) is 9.69 Å². The second-order valence-electron chi connectivity index (χ2n) is 7.62. The van der Waals surface area contributed by atoms with Gasteiger partial charge >= 0.3 is 0 Å². The van der Waals surface area contributed by atoms with Crippen LogP contribution in [0.15, 0.2) is 48.7 Å². The van der Waals surface area contributed by atoms with E-state index in [1.165, 1.54) is 11.1 Å². The molecule has 0 spiro atoms. The number of nitrogens with zero attached hydrogens (tertiary/aromatic N) is 4. The summed E-state index contributed by atoms with van der Waals surface area (Å²) in [4.78, 5) is 23.3. The lowest BCUT2D eigenvalue weighted by molar-refractivity contribution is -0.132. The van der Waals surface area contributed by atoms with Crippen molar-refractivity contribution in [1.82, 2.24) is 14.8 Å². The Morgan fingerprint density at radius 2 is 1.78 bits per heavy atom. The van der Waals surface area contributed by atoms with Crippen LogP contribution >= 0.6 is 0 Å². The van der Waals surface area contributed by atoms with E-state index >= 15 is 0 Å². The van der Waals surface area contributed by atoms with Gasteiger partial charge in [-0.2, -0.15) is 0 Å². The van der Waals surface area contributed by atoms with E-state index in [1.54, 1.807) is 0 Å². The molecular formula is C22H30N4O. The normalized spacial score (nSPS) is 14.9. The fourth-order valence-corrected chi connectivity index (χ4v) is 3.43. The van der Waals surface area contributed by atoms with Crippen molar-refractivity contribution in [2.75, 3.05) is 44.7 Å². The summed E-state index contributed by atoms with van der Waals surface area (Å²) in [6, 6.07) is 14.7. The largest absolute Gasteiger partial charge is 0.353 e. The van der Waals surface area contributed by atoms with Crippen molar-refractivity contribution in [3.05, 3.63) is 59.8 Å². The van der Waals surface area contributed by atoms with E-state index in [4.69, 9.17) is 0 Å². The number of pyridine rings is 1. The highest BCUT2D eigenvalue weighted by Gasteiger charge is 2.22. The summed E-state index contributed by atoms with van der Waals surface area (Å²) in [5.74, 6) is 1.74. The van der Waals surface area contributed by atoms with Gasteiger partial charge < -0.3 is 9.80 Å². The van der Waals surface area contributed by atoms with E-state index < -0.39 is 0 Å². The summed E-state index contributed by atoms with van der Waals surface area (Å²) in [6.45, 7) is 8.83. The summed E-state index contributed by atoms with van der Waals surface area (Å²) in [5, 5.41) is 0. The maximum Gasteiger partial charge on any atom is 0.236 e. The summed E-state index contributed by atoms with van der Waals surface area (Å²) < 4.78 is 0. The minimum Gasteiger partial charge on any atom is -0.353 e. The molecule has 144 valence electrons. The van der Waals surface area contributed by atoms with Gasteiger partial charge in [-0.25, -0.2) is 4.98 Å². The van der Waals surface area contributed by atoms with Crippen molar-refractivity contribution < 1.29 is 4.79 Å².